The SMILES string of the molecule is COc1cc(C=C[C@H]2C3=CC[C@@H]4C(=O)N(C)C(=O)[C@@H]4[C@@H]3CC3=C2C(=O)C=C(C)C3=O)ccc1O. The van der Waals surface area contributed by atoms with Gasteiger partial charge in [-0.25, -0.2) is 0 Å². The number of Topliss-reactive ketones (excluding diaryl/α,β-unsaturated/α-hetero) is 1. The number of carbonyl (C=O) groups is 4. The monoisotopic (exact) mass is 459 g/mol. The normalized spacial score (nSPS) is 28.6. The van der Waals surface area contributed by atoms with Crippen molar-refractivity contribution >= 4 is 29.5 Å². The number of allylic oxidation sites excluding steroid dienone is 7. The van der Waals surface area contributed by atoms with Crippen molar-refractivity contribution in [2.75, 3.05) is 14.2 Å². The van der Waals surface area contributed by atoms with E-state index in [2.05, 4.69) is 0 Å². The van der Waals surface area contributed by atoms with E-state index in [9.17, 15) is 24.3 Å². The summed E-state index contributed by atoms with van der Waals surface area (Å²) in [5, 5.41) is 9.89. The zero-order valence-corrected chi connectivity index (χ0v) is 19.2. The number of methoxy groups -OCH3 is 1. The van der Waals surface area contributed by atoms with Crippen LogP contribution in [0.4, 0.5) is 0 Å². The van der Waals surface area contributed by atoms with E-state index in [0.717, 1.165) is 11.1 Å². The first-order valence-corrected chi connectivity index (χ1v) is 11.3. The maximum absolute atomic E-state index is 13.1. The molecule has 0 unspecified atom stereocenters. The average Bonchev–Trinajstić information content (AvgIpc) is 3.05. The molecule has 174 valence electrons. The summed E-state index contributed by atoms with van der Waals surface area (Å²) >= 11 is 0. The molecular formula is C27H25NO6. The maximum Gasteiger partial charge on any atom is 0.233 e. The lowest BCUT2D eigenvalue weighted by Gasteiger charge is -2.41. The van der Waals surface area contributed by atoms with Crippen LogP contribution >= 0.6 is 0 Å². The molecule has 0 radical (unpaired) electrons. The molecule has 34 heavy (non-hydrogen) atoms. The van der Waals surface area contributed by atoms with Crippen LogP contribution in [0.1, 0.15) is 25.3 Å². The first kappa shape index (κ1) is 22.1. The summed E-state index contributed by atoms with van der Waals surface area (Å²) in [6.07, 6.45) is 7.77. The van der Waals surface area contributed by atoms with Crippen molar-refractivity contribution in [1.82, 2.24) is 4.90 Å². The highest BCUT2D eigenvalue weighted by atomic mass is 16.5. The summed E-state index contributed by atoms with van der Waals surface area (Å²) in [7, 11) is 2.97. The maximum atomic E-state index is 13.1. The third-order valence-corrected chi connectivity index (χ3v) is 7.52. The number of phenols is 1. The number of hydrogen-bond donors (Lipinski definition) is 1. The van der Waals surface area contributed by atoms with E-state index in [4.69, 9.17) is 4.74 Å². The van der Waals surface area contributed by atoms with Crippen LogP contribution in [0.2, 0.25) is 0 Å². The Balaban J connectivity index is 1.61. The fourth-order valence-electron chi connectivity index (χ4n) is 5.82. The molecule has 1 fully saturated rings. The van der Waals surface area contributed by atoms with Crippen molar-refractivity contribution in [3.05, 3.63) is 64.3 Å². The van der Waals surface area contributed by atoms with Gasteiger partial charge in [0.05, 0.1) is 18.9 Å². The molecule has 4 aliphatic rings. The zero-order valence-electron chi connectivity index (χ0n) is 19.2. The van der Waals surface area contributed by atoms with Crippen LogP contribution in [0.15, 0.2) is 58.7 Å². The molecule has 0 spiro atoms. The van der Waals surface area contributed by atoms with Crippen molar-refractivity contribution in [2.45, 2.75) is 19.8 Å². The van der Waals surface area contributed by atoms with Gasteiger partial charge in [-0.2, -0.15) is 0 Å². The highest BCUT2D eigenvalue weighted by molar-refractivity contribution is 6.23. The van der Waals surface area contributed by atoms with E-state index in [0.29, 0.717) is 28.9 Å². The van der Waals surface area contributed by atoms with Gasteiger partial charge in [0.15, 0.2) is 23.1 Å². The molecule has 1 aromatic carbocycles. The first-order valence-electron chi connectivity index (χ1n) is 11.3. The van der Waals surface area contributed by atoms with Gasteiger partial charge >= 0.3 is 0 Å². The van der Waals surface area contributed by atoms with Gasteiger partial charge in [0.2, 0.25) is 11.8 Å². The minimum absolute atomic E-state index is 0.0191. The van der Waals surface area contributed by atoms with Gasteiger partial charge in [-0.15, -0.1) is 0 Å². The quantitative estimate of drug-likeness (QED) is 0.424. The standard InChI is InChI=1S/C27H25NO6/c1-13-10-21(30)23-16(6-4-14-5-9-20(29)22(11-14)34-3)15-7-8-17-24(27(33)28(2)26(17)32)18(15)12-19(23)25(13)31/h4-7,9-11,16-18,24,29H,8,12H2,1-3H3/t16-,17-,18+,24-/m0/s1. The van der Waals surface area contributed by atoms with Gasteiger partial charge in [-0.05, 0) is 49.5 Å². The lowest BCUT2D eigenvalue weighted by molar-refractivity contribution is -0.138. The number of likely N-dealkylation sites (tertiary alicyclic amines) is 1. The first-order chi connectivity index (χ1) is 16.2. The second kappa shape index (κ2) is 7.94. The van der Waals surface area contributed by atoms with Crippen molar-refractivity contribution < 1.29 is 29.0 Å². The number of carbonyl (C=O) groups excluding carboxylic acids is 4. The molecular weight excluding hydrogens is 434 g/mol. The predicted octanol–water partition coefficient (Wildman–Crippen LogP) is 3.01. The summed E-state index contributed by atoms with van der Waals surface area (Å²) < 4.78 is 5.19. The van der Waals surface area contributed by atoms with Crippen LogP contribution in [0, 0.1) is 23.7 Å². The van der Waals surface area contributed by atoms with Crippen LogP contribution < -0.4 is 4.74 Å². The summed E-state index contributed by atoms with van der Waals surface area (Å²) in [5.41, 5.74) is 2.94. The number of amides is 2. The Morgan fingerprint density at radius 3 is 2.62 bits per heavy atom. The number of ketones is 2. The number of ether oxygens (including phenoxy) is 1. The minimum Gasteiger partial charge on any atom is -0.504 e. The average molecular weight is 459 g/mol. The summed E-state index contributed by atoms with van der Waals surface area (Å²) in [5.74, 6) is -2.18. The Morgan fingerprint density at radius 2 is 1.88 bits per heavy atom. The van der Waals surface area contributed by atoms with Gasteiger partial charge in [0.25, 0.3) is 0 Å². The summed E-state index contributed by atoms with van der Waals surface area (Å²) in [6, 6.07) is 4.93. The second-order valence-electron chi connectivity index (χ2n) is 9.30. The van der Waals surface area contributed by atoms with Crippen molar-refractivity contribution in [2.24, 2.45) is 23.7 Å². The number of benzene rings is 1. The largest absolute Gasteiger partial charge is 0.504 e. The van der Waals surface area contributed by atoms with Gasteiger partial charge < -0.3 is 9.84 Å². The number of nitrogens with zero attached hydrogens (tertiary/aromatic N) is 1. The highest BCUT2D eigenvalue weighted by Gasteiger charge is 2.54. The van der Waals surface area contributed by atoms with E-state index >= 15 is 0 Å². The number of fused-ring (bicyclic) bond motifs is 3. The molecule has 5 rings (SSSR count). The molecule has 1 N–H and O–H groups in total. The van der Waals surface area contributed by atoms with Crippen LogP contribution in [0.25, 0.3) is 6.08 Å². The number of aromatic hydroxyl groups is 1. The Kier molecular flexibility index (Phi) is 5.15. The minimum atomic E-state index is -0.523. The number of rotatable bonds is 3. The Labute approximate surface area is 197 Å². The van der Waals surface area contributed by atoms with E-state index in [1.807, 2.05) is 18.2 Å². The molecule has 0 bridgehead atoms. The molecule has 1 heterocycles. The molecule has 0 aromatic heterocycles. The molecule has 1 aromatic rings. The zero-order chi connectivity index (χ0) is 24.3. The Bertz CT molecular complexity index is 1280. The Morgan fingerprint density at radius 1 is 1.12 bits per heavy atom. The fraction of sp³-hybridized carbons (Fsp3) is 0.333. The molecule has 2 amide bonds. The van der Waals surface area contributed by atoms with Gasteiger partial charge in [-0.1, -0.05) is 29.9 Å². The molecule has 1 saturated heterocycles. The summed E-state index contributed by atoms with van der Waals surface area (Å²) in [6.45, 7) is 1.63. The molecule has 4 atom stereocenters. The number of hydrogen-bond acceptors (Lipinski definition) is 6. The smallest absolute Gasteiger partial charge is 0.233 e. The molecule has 1 aliphatic heterocycles. The van der Waals surface area contributed by atoms with Gasteiger partial charge in [0.1, 0.15) is 0 Å². The van der Waals surface area contributed by atoms with Crippen molar-refractivity contribution in [1.29, 1.82) is 0 Å². The predicted molar refractivity (Wildman–Crippen MR) is 124 cm³/mol. The lowest BCUT2D eigenvalue weighted by atomic mass is 9.60. The molecule has 7 nitrogen and oxygen atoms in total. The molecule has 7 heteroatoms. The van der Waals surface area contributed by atoms with Gasteiger partial charge in [-0.3, -0.25) is 24.1 Å². The number of imide groups is 1. The fourth-order valence-corrected chi connectivity index (χ4v) is 5.82. The Hall–Kier alpha value is -3.74. The third-order valence-electron chi connectivity index (χ3n) is 7.52. The van der Waals surface area contributed by atoms with Crippen LogP contribution in [0.3, 0.4) is 0 Å². The van der Waals surface area contributed by atoms with E-state index < -0.39 is 17.8 Å². The van der Waals surface area contributed by atoms with E-state index in [1.54, 1.807) is 19.1 Å². The summed E-state index contributed by atoms with van der Waals surface area (Å²) in [4.78, 5) is 53.0. The van der Waals surface area contributed by atoms with Crippen molar-refractivity contribution in [3.8, 4) is 11.5 Å². The lowest BCUT2D eigenvalue weighted by Crippen LogP contribution is -2.39. The van der Waals surface area contributed by atoms with Crippen LogP contribution in [0.5, 0.6) is 11.5 Å². The van der Waals surface area contributed by atoms with Gasteiger partial charge in [0, 0.05) is 29.7 Å². The number of phenolic OH excluding ortho intramolecular Hbond substituents is 1. The highest BCUT2D eigenvalue weighted by Crippen LogP contribution is 2.52. The third kappa shape index (κ3) is 3.18. The molecule has 3 aliphatic carbocycles. The van der Waals surface area contributed by atoms with E-state index in [1.165, 1.54) is 31.2 Å². The van der Waals surface area contributed by atoms with Crippen molar-refractivity contribution in [3.63, 3.8) is 0 Å². The second-order valence-corrected chi connectivity index (χ2v) is 9.30. The van der Waals surface area contributed by atoms with E-state index in [-0.39, 0.29) is 41.5 Å². The topological polar surface area (TPSA) is 101 Å². The van der Waals surface area contributed by atoms with Crippen LogP contribution in [-0.4, -0.2) is 47.5 Å². The molecule has 0 saturated carbocycles. The van der Waals surface area contributed by atoms with Crippen LogP contribution in [-0.2, 0) is 19.2 Å².